The molecule has 0 amide bonds. The quantitative estimate of drug-likeness (QED) is 0.590. The number of hydrogen-bond acceptors (Lipinski definition) is 2. The second kappa shape index (κ2) is 3.91. The van der Waals surface area contributed by atoms with Crippen LogP contribution in [0.3, 0.4) is 0 Å². The molecule has 13 heavy (non-hydrogen) atoms. The first-order valence-corrected chi connectivity index (χ1v) is 4.18. The Kier molecular flexibility index (Phi) is 3.08. The fourth-order valence-electron chi connectivity index (χ4n) is 0.798. The van der Waals surface area contributed by atoms with Crippen molar-refractivity contribution in [1.29, 1.82) is 5.26 Å². The van der Waals surface area contributed by atoms with Crippen molar-refractivity contribution >= 4 is 22.6 Å². The Hall–Kier alpha value is -0.840. The summed E-state index contributed by atoms with van der Waals surface area (Å²) in [5.41, 5.74) is -1.27. The highest BCUT2D eigenvalue weighted by molar-refractivity contribution is 14.1. The van der Waals surface area contributed by atoms with Crippen molar-refractivity contribution < 1.29 is 13.2 Å². The highest BCUT2D eigenvalue weighted by atomic mass is 127. The molecule has 0 spiro atoms. The number of alkyl halides is 2. The predicted octanol–water partition coefficient (Wildman–Crippen LogP) is 2.63. The van der Waals surface area contributed by atoms with Crippen LogP contribution in [0.4, 0.5) is 13.2 Å². The highest BCUT2D eigenvalue weighted by Crippen LogP contribution is 2.27. The van der Waals surface area contributed by atoms with Gasteiger partial charge in [-0.1, -0.05) is 0 Å². The average molecular weight is 298 g/mol. The summed E-state index contributed by atoms with van der Waals surface area (Å²) in [5.74, 6) is -1.15. The molecule has 1 heterocycles. The van der Waals surface area contributed by atoms with Gasteiger partial charge in [0.15, 0.2) is 0 Å². The molecule has 0 aliphatic rings. The molecule has 0 aliphatic carbocycles. The normalized spacial score (nSPS) is 10.2. The Morgan fingerprint density at radius 1 is 1.54 bits per heavy atom. The molecule has 0 atom stereocenters. The van der Waals surface area contributed by atoms with Crippen LogP contribution in [0.25, 0.3) is 0 Å². The average Bonchev–Trinajstić information content (AvgIpc) is 2.07. The summed E-state index contributed by atoms with van der Waals surface area (Å²) in [6, 6.07) is 1.36. The van der Waals surface area contributed by atoms with E-state index in [2.05, 4.69) is 4.98 Å². The second-order valence-electron chi connectivity index (χ2n) is 2.10. The van der Waals surface area contributed by atoms with Gasteiger partial charge in [-0.2, -0.15) is 9.65 Å². The lowest BCUT2D eigenvalue weighted by Gasteiger charge is -2.04. The lowest BCUT2D eigenvalue weighted by molar-refractivity contribution is 0.149. The lowest BCUT2D eigenvalue weighted by atomic mass is 10.1. The molecule has 0 unspecified atom stereocenters. The van der Waals surface area contributed by atoms with Crippen LogP contribution < -0.4 is 0 Å². The zero-order valence-electron chi connectivity index (χ0n) is 6.06. The van der Waals surface area contributed by atoms with Gasteiger partial charge in [0.2, 0.25) is 5.95 Å². The molecule has 0 saturated heterocycles. The zero-order valence-corrected chi connectivity index (χ0v) is 8.22. The van der Waals surface area contributed by atoms with Gasteiger partial charge in [0.1, 0.15) is 11.6 Å². The summed E-state index contributed by atoms with van der Waals surface area (Å²) < 4.78 is 37.4. The number of rotatable bonds is 1. The highest BCUT2D eigenvalue weighted by Gasteiger charge is 2.20. The van der Waals surface area contributed by atoms with Crippen molar-refractivity contribution in [1.82, 2.24) is 4.98 Å². The number of nitriles is 1. The Balaban J connectivity index is 3.46. The van der Waals surface area contributed by atoms with E-state index >= 15 is 0 Å². The van der Waals surface area contributed by atoms with Crippen molar-refractivity contribution in [2.75, 3.05) is 0 Å². The summed E-state index contributed by atoms with van der Waals surface area (Å²) >= 11 is 1.58. The minimum atomic E-state index is -2.86. The van der Waals surface area contributed by atoms with Gasteiger partial charge in [-0.25, -0.2) is 13.8 Å². The van der Waals surface area contributed by atoms with E-state index in [1.807, 2.05) is 0 Å². The maximum Gasteiger partial charge on any atom is 0.266 e. The fourth-order valence-corrected chi connectivity index (χ4v) is 1.44. The molecule has 6 heteroatoms. The third-order valence-electron chi connectivity index (χ3n) is 1.35. The third-order valence-corrected chi connectivity index (χ3v) is 2.21. The molecular weight excluding hydrogens is 296 g/mol. The molecule has 0 radical (unpaired) electrons. The summed E-state index contributed by atoms with van der Waals surface area (Å²) in [6.45, 7) is 0. The first-order chi connectivity index (χ1) is 6.07. The molecule has 0 aliphatic heterocycles. The largest absolute Gasteiger partial charge is 0.266 e. The van der Waals surface area contributed by atoms with Crippen LogP contribution in [0.1, 0.15) is 17.6 Å². The molecule has 1 aromatic heterocycles. The van der Waals surface area contributed by atoms with Crippen LogP contribution >= 0.6 is 22.6 Å². The Morgan fingerprint density at radius 2 is 2.15 bits per heavy atom. The minimum absolute atomic E-state index is 0.0885. The van der Waals surface area contributed by atoms with E-state index in [9.17, 15) is 13.2 Å². The standard InChI is InChI=1S/C7H2F3IN2/c8-6(9)5-3(1-12)7(10)13-2-4(5)11/h2,6H. The van der Waals surface area contributed by atoms with Crippen molar-refractivity contribution in [2.45, 2.75) is 6.43 Å². The second-order valence-corrected chi connectivity index (χ2v) is 3.26. The molecule has 0 bridgehead atoms. The molecular formula is C7H2F3IN2. The van der Waals surface area contributed by atoms with E-state index in [0.29, 0.717) is 0 Å². The number of aromatic nitrogens is 1. The Labute approximate surface area is 85.5 Å². The van der Waals surface area contributed by atoms with E-state index in [1.54, 1.807) is 22.6 Å². The lowest BCUT2D eigenvalue weighted by Crippen LogP contribution is -2.00. The van der Waals surface area contributed by atoms with E-state index in [0.717, 1.165) is 6.20 Å². The van der Waals surface area contributed by atoms with E-state index in [1.165, 1.54) is 6.07 Å². The van der Waals surface area contributed by atoms with Gasteiger partial charge in [-0.3, -0.25) is 0 Å². The van der Waals surface area contributed by atoms with E-state index < -0.39 is 23.5 Å². The van der Waals surface area contributed by atoms with Gasteiger partial charge in [0, 0.05) is 9.77 Å². The van der Waals surface area contributed by atoms with Crippen LogP contribution in [0.5, 0.6) is 0 Å². The monoisotopic (exact) mass is 298 g/mol. The van der Waals surface area contributed by atoms with Gasteiger partial charge < -0.3 is 0 Å². The SMILES string of the molecule is N#Cc1c(F)ncc(I)c1C(F)F. The Bertz CT molecular complexity index is 373. The number of nitrogens with zero attached hydrogens (tertiary/aromatic N) is 2. The number of halogens is 4. The zero-order chi connectivity index (χ0) is 10.0. The van der Waals surface area contributed by atoms with Crippen molar-refractivity contribution in [2.24, 2.45) is 0 Å². The predicted molar refractivity (Wildman–Crippen MR) is 46.6 cm³/mol. The third kappa shape index (κ3) is 1.91. The van der Waals surface area contributed by atoms with Crippen LogP contribution in [0.2, 0.25) is 0 Å². The van der Waals surface area contributed by atoms with Gasteiger partial charge in [0.05, 0.1) is 5.56 Å². The molecule has 0 aromatic carbocycles. The fraction of sp³-hybridized carbons (Fsp3) is 0.143. The summed E-state index contributed by atoms with van der Waals surface area (Å²) in [4.78, 5) is 3.16. The maximum absolute atomic E-state index is 12.7. The molecule has 1 aromatic rings. The van der Waals surface area contributed by atoms with E-state index in [-0.39, 0.29) is 3.57 Å². The van der Waals surface area contributed by atoms with Crippen molar-refractivity contribution in [3.05, 3.63) is 26.8 Å². The molecule has 0 N–H and O–H groups in total. The first kappa shape index (κ1) is 10.2. The molecule has 0 saturated carbocycles. The molecule has 0 fully saturated rings. The molecule has 2 nitrogen and oxygen atoms in total. The van der Waals surface area contributed by atoms with Gasteiger partial charge >= 0.3 is 0 Å². The van der Waals surface area contributed by atoms with E-state index in [4.69, 9.17) is 5.26 Å². The first-order valence-electron chi connectivity index (χ1n) is 3.10. The summed E-state index contributed by atoms with van der Waals surface area (Å²) in [5, 5.41) is 8.41. The van der Waals surface area contributed by atoms with Crippen molar-refractivity contribution in [3.63, 3.8) is 0 Å². The van der Waals surface area contributed by atoms with Gasteiger partial charge in [-0.15, -0.1) is 0 Å². The minimum Gasteiger partial charge on any atom is -0.226 e. The summed E-state index contributed by atoms with van der Waals surface area (Å²) in [7, 11) is 0. The number of pyridine rings is 1. The number of hydrogen-bond donors (Lipinski definition) is 0. The topological polar surface area (TPSA) is 36.7 Å². The Morgan fingerprint density at radius 3 is 2.54 bits per heavy atom. The smallest absolute Gasteiger partial charge is 0.226 e. The van der Waals surface area contributed by atoms with Gasteiger partial charge in [0.25, 0.3) is 6.43 Å². The van der Waals surface area contributed by atoms with Crippen molar-refractivity contribution in [3.8, 4) is 6.07 Å². The van der Waals surface area contributed by atoms with Crippen LogP contribution in [-0.4, -0.2) is 4.98 Å². The van der Waals surface area contributed by atoms with Crippen LogP contribution in [0.15, 0.2) is 6.20 Å². The van der Waals surface area contributed by atoms with Crippen LogP contribution in [-0.2, 0) is 0 Å². The molecule has 1 rings (SSSR count). The maximum atomic E-state index is 12.7. The van der Waals surface area contributed by atoms with Crippen LogP contribution in [0, 0.1) is 20.8 Å². The van der Waals surface area contributed by atoms with Gasteiger partial charge in [-0.05, 0) is 22.6 Å². The molecule has 68 valence electrons. The summed E-state index contributed by atoms with van der Waals surface area (Å²) in [6.07, 6.45) is -1.89.